The summed E-state index contributed by atoms with van der Waals surface area (Å²) in [5, 5.41) is 3.60. The highest BCUT2D eigenvalue weighted by atomic mass is 16.5. The van der Waals surface area contributed by atoms with Crippen LogP contribution in [0.15, 0.2) is 12.4 Å². The van der Waals surface area contributed by atoms with Gasteiger partial charge in [-0.05, 0) is 38.6 Å². The minimum absolute atomic E-state index is 0.433. The van der Waals surface area contributed by atoms with E-state index in [0.29, 0.717) is 12.1 Å². The predicted octanol–water partition coefficient (Wildman–Crippen LogP) is 2.77. The molecule has 4 heteroatoms. The normalized spacial score (nSPS) is 21.0. The van der Waals surface area contributed by atoms with Gasteiger partial charge in [-0.1, -0.05) is 13.8 Å². The van der Waals surface area contributed by atoms with Gasteiger partial charge in [0.2, 0.25) is 0 Å². The lowest BCUT2D eigenvalue weighted by Crippen LogP contribution is -2.37. The van der Waals surface area contributed by atoms with Crippen LogP contribution in [0, 0.1) is 0 Å². The second kappa shape index (κ2) is 8.42. The van der Waals surface area contributed by atoms with Gasteiger partial charge in [-0.3, -0.25) is 0 Å². The number of hydrogen-bond donors (Lipinski definition) is 1. The van der Waals surface area contributed by atoms with Gasteiger partial charge in [0.05, 0.1) is 6.10 Å². The molecule has 1 aliphatic rings. The molecule has 1 aromatic heterocycles. The number of imidazole rings is 1. The molecule has 2 heterocycles. The van der Waals surface area contributed by atoms with Crippen LogP contribution >= 0.6 is 0 Å². The fraction of sp³-hybridized carbons (Fsp3) is 0.812. The van der Waals surface area contributed by atoms with E-state index in [9.17, 15) is 0 Å². The van der Waals surface area contributed by atoms with E-state index >= 15 is 0 Å². The highest BCUT2D eigenvalue weighted by Gasteiger charge is 2.20. The molecule has 1 N–H and O–H groups in total. The van der Waals surface area contributed by atoms with Crippen LogP contribution < -0.4 is 5.32 Å². The molecule has 0 saturated carbocycles. The van der Waals surface area contributed by atoms with Gasteiger partial charge < -0.3 is 14.6 Å². The average molecular weight is 279 g/mol. The van der Waals surface area contributed by atoms with Gasteiger partial charge in [0.15, 0.2) is 0 Å². The van der Waals surface area contributed by atoms with Crippen molar-refractivity contribution in [1.29, 1.82) is 0 Å². The maximum Gasteiger partial charge on any atom is 0.110 e. The molecule has 2 rings (SSSR count). The van der Waals surface area contributed by atoms with Crippen LogP contribution in [0.25, 0.3) is 0 Å². The standard InChI is InChI=1S/C16H29N3O/c1-3-9-19-10-8-18-16(19)13-14(17-4-2)12-15-7-5-6-11-20-15/h8,10,14-15,17H,3-7,9,11-13H2,1-2H3. The molecular formula is C16H29N3O. The summed E-state index contributed by atoms with van der Waals surface area (Å²) in [5.41, 5.74) is 0. The largest absolute Gasteiger partial charge is 0.378 e. The number of aryl methyl sites for hydroxylation is 1. The van der Waals surface area contributed by atoms with E-state index in [-0.39, 0.29) is 0 Å². The predicted molar refractivity (Wildman–Crippen MR) is 81.9 cm³/mol. The molecule has 2 unspecified atom stereocenters. The summed E-state index contributed by atoms with van der Waals surface area (Å²) < 4.78 is 8.17. The number of ether oxygens (including phenoxy) is 1. The SMILES string of the molecule is CCCn1ccnc1CC(CC1CCCCO1)NCC. The van der Waals surface area contributed by atoms with E-state index in [0.717, 1.165) is 39.0 Å². The molecule has 114 valence electrons. The Morgan fingerprint density at radius 3 is 3.05 bits per heavy atom. The Hall–Kier alpha value is -0.870. The number of nitrogens with one attached hydrogen (secondary N) is 1. The van der Waals surface area contributed by atoms with Crippen LogP contribution in [0.3, 0.4) is 0 Å². The van der Waals surface area contributed by atoms with E-state index in [1.54, 1.807) is 0 Å². The third-order valence-corrected chi connectivity index (χ3v) is 4.01. The Morgan fingerprint density at radius 1 is 1.45 bits per heavy atom. The van der Waals surface area contributed by atoms with E-state index in [2.05, 4.69) is 34.9 Å². The summed E-state index contributed by atoms with van der Waals surface area (Å²) in [7, 11) is 0. The summed E-state index contributed by atoms with van der Waals surface area (Å²) in [4.78, 5) is 4.53. The minimum Gasteiger partial charge on any atom is -0.378 e. The Morgan fingerprint density at radius 2 is 2.35 bits per heavy atom. The molecule has 20 heavy (non-hydrogen) atoms. The van der Waals surface area contributed by atoms with Crippen molar-refractivity contribution in [3.05, 3.63) is 18.2 Å². The second-order valence-corrected chi connectivity index (χ2v) is 5.72. The van der Waals surface area contributed by atoms with Gasteiger partial charge in [0.25, 0.3) is 0 Å². The lowest BCUT2D eigenvalue weighted by molar-refractivity contribution is 0.00520. The molecule has 1 aliphatic heterocycles. The molecule has 0 spiro atoms. The zero-order chi connectivity index (χ0) is 14.2. The van der Waals surface area contributed by atoms with Crippen LogP contribution in [-0.2, 0) is 17.7 Å². The first kappa shape index (κ1) is 15.5. The fourth-order valence-corrected chi connectivity index (χ4v) is 3.03. The summed E-state index contributed by atoms with van der Waals surface area (Å²) in [6, 6.07) is 0.473. The van der Waals surface area contributed by atoms with Gasteiger partial charge in [0, 0.05) is 38.0 Å². The van der Waals surface area contributed by atoms with Crippen molar-refractivity contribution in [2.75, 3.05) is 13.2 Å². The zero-order valence-corrected chi connectivity index (χ0v) is 13.0. The molecule has 1 fully saturated rings. The van der Waals surface area contributed by atoms with Crippen LogP contribution in [0.5, 0.6) is 0 Å². The van der Waals surface area contributed by atoms with E-state index in [4.69, 9.17) is 4.74 Å². The van der Waals surface area contributed by atoms with E-state index < -0.39 is 0 Å². The molecule has 2 atom stereocenters. The average Bonchev–Trinajstić information content (AvgIpc) is 2.88. The Kier molecular flexibility index (Phi) is 6.54. The van der Waals surface area contributed by atoms with Crippen LogP contribution in [0.4, 0.5) is 0 Å². The third kappa shape index (κ3) is 4.60. The van der Waals surface area contributed by atoms with Gasteiger partial charge in [0.1, 0.15) is 5.82 Å². The van der Waals surface area contributed by atoms with Crippen molar-refractivity contribution >= 4 is 0 Å². The van der Waals surface area contributed by atoms with Crippen LogP contribution in [-0.4, -0.2) is 34.8 Å². The molecule has 0 aliphatic carbocycles. The zero-order valence-electron chi connectivity index (χ0n) is 13.0. The van der Waals surface area contributed by atoms with Crippen molar-refractivity contribution in [3.8, 4) is 0 Å². The Labute approximate surface area is 122 Å². The van der Waals surface area contributed by atoms with Crippen molar-refractivity contribution in [3.63, 3.8) is 0 Å². The minimum atomic E-state index is 0.433. The van der Waals surface area contributed by atoms with Gasteiger partial charge in [-0.15, -0.1) is 0 Å². The van der Waals surface area contributed by atoms with Crippen molar-refractivity contribution in [2.45, 2.75) is 71.1 Å². The highest BCUT2D eigenvalue weighted by molar-refractivity contribution is 4.96. The van der Waals surface area contributed by atoms with Crippen molar-refractivity contribution in [1.82, 2.24) is 14.9 Å². The Balaban J connectivity index is 1.91. The van der Waals surface area contributed by atoms with Gasteiger partial charge in [-0.2, -0.15) is 0 Å². The number of nitrogens with zero attached hydrogens (tertiary/aromatic N) is 2. The lowest BCUT2D eigenvalue weighted by Gasteiger charge is -2.27. The Bertz CT molecular complexity index is 372. The first-order valence-electron chi connectivity index (χ1n) is 8.18. The monoisotopic (exact) mass is 279 g/mol. The molecule has 0 radical (unpaired) electrons. The highest BCUT2D eigenvalue weighted by Crippen LogP contribution is 2.18. The number of aromatic nitrogens is 2. The van der Waals surface area contributed by atoms with Gasteiger partial charge >= 0.3 is 0 Å². The molecule has 0 aromatic carbocycles. The second-order valence-electron chi connectivity index (χ2n) is 5.72. The van der Waals surface area contributed by atoms with Crippen molar-refractivity contribution < 1.29 is 4.74 Å². The van der Waals surface area contributed by atoms with E-state index in [1.807, 2.05) is 6.20 Å². The maximum absolute atomic E-state index is 5.88. The summed E-state index contributed by atoms with van der Waals surface area (Å²) >= 11 is 0. The molecule has 0 amide bonds. The number of hydrogen-bond acceptors (Lipinski definition) is 3. The fourth-order valence-electron chi connectivity index (χ4n) is 3.03. The molecule has 1 saturated heterocycles. The maximum atomic E-state index is 5.88. The molecule has 4 nitrogen and oxygen atoms in total. The van der Waals surface area contributed by atoms with Crippen LogP contribution in [0.1, 0.15) is 51.8 Å². The van der Waals surface area contributed by atoms with Gasteiger partial charge in [-0.25, -0.2) is 4.98 Å². The van der Waals surface area contributed by atoms with Crippen molar-refractivity contribution in [2.24, 2.45) is 0 Å². The molecular weight excluding hydrogens is 250 g/mol. The molecule has 1 aromatic rings. The van der Waals surface area contributed by atoms with E-state index in [1.165, 1.54) is 25.1 Å². The third-order valence-electron chi connectivity index (χ3n) is 4.01. The quantitative estimate of drug-likeness (QED) is 0.795. The summed E-state index contributed by atoms with van der Waals surface area (Å²) in [5.74, 6) is 1.20. The summed E-state index contributed by atoms with van der Waals surface area (Å²) in [6.45, 7) is 7.39. The summed E-state index contributed by atoms with van der Waals surface area (Å²) in [6.07, 6.45) is 11.5. The lowest BCUT2D eigenvalue weighted by atomic mass is 9.99. The van der Waals surface area contributed by atoms with Crippen LogP contribution in [0.2, 0.25) is 0 Å². The number of likely N-dealkylation sites (N-methyl/N-ethyl adjacent to an activating group) is 1. The number of rotatable bonds is 8. The first-order valence-corrected chi connectivity index (χ1v) is 8.18. The molecule has 0 bridgehead atoms. The topological polar surface area (TPSA) is 39.1 Å². The smallest absolute Gasteiger partial charge is 0.110 e. The first-order chi connectivity index (χ1) is 9.83.